The van der Waals surface area contributed by atoms with Gasteiger partial charge in [-0.2, -0.15) is 5.10 Å². The Morgan fingerprint density at radius 2 is 2.42 bits per heavy atom. The first-order valence-electron chi connectivity index (χ1n) is 8.29. The van der Waals surface area contributed by atoms with Gasteiger partial charge in [0.15, 0.2) is 0 Å². The van der Waals surface area contributed by atoms with Gasteiger partial charge in [0, 0.05) is 37.1 Å². The first-order chi connectivity index (χ1) is 11.8. The van der Waals surface area contributed by atoms with Gasteiger partial charge < -0.3 is 9.42 Å². The van der Waals surface area contributed by atoms with E-state index in [9.17, 15) is 4.79 Å². The molecule has 0 spiro atoms. The monoisotopic (exact) mass is 325 g/mol. The highest BCUT2D eigenvalue weighted by molar-refractivity contribution is 5.97. The highest BCUT2D eigenvalue weighted by Crippen LogP contribution is 2.27. The molecular weight excluding hydrogens is 306 g/mol. The fourth-order valence-electron chi connectivity index (χ4n) is 3.34. The van der Waals surface area contributed by atoms with E-state index in [1.54, 1.807) is 12.4 Å². The second kappa shape index (κ2) is 6.07. The van der Waals surface area contributed by atoms with Crippen LogP contribution in [0.15, 0.2) is 29.0 Å². The van der Waals surface area contributed by atoms with Crippen molar-refractivity contribution in [2.45, 2.75) is 32.1 Å². The quantitative estimate of drug-likeness (QED) is 0.799. The Morgan fingerprint density at radius 3 is 3.21 bits per heavy atom. The average Bonchev–Trinajstić information content (AvgIpc) is 3.30. The minimum atomic E-state index is 0.0110. The van der Waals surface area contributed by atoms with Crippen molar-refractivity contribution >= 4 is 17.0 Å². The van der Waals surface area contributed by atoms with Crippen LogP contribution in [0, 0.1) is 0 Å². The Kier molecular flexibility index (Phi) is 3.76. The summed E-state index contributed by atoms with van der Waals surface area (Å²) in [4.78, 5) is 19.0. The predicted molar refractivity (Wildman–Crippen MR) is 87.6 cm³/mol. The molecule has 1 fully saturated rings. The Labute approximate surface area is 139 Å². The molecule has 124 valence electrons. The van der Waals surface area contributed by atoms with E-state index in [1.807, 2.05) is 24.0 Å². The number of piperidine rings is 1. The molecule has 4 heterocycles. The number of H-pyrrole nitrogens is 1. The molecule has 0 bridgehead atoms. The summed E-state index contributed by atoms with van der Waals surface area (Å²) in [6.45, 7) is 3.47. The smallest absolute Gasteiger partial charge is 0.257 e. The van der Waals surface area contributed by atoms with E-state index < -0.39 is 0 Å². The summed E-state index contributed by atoms with van der Waals surface area (Å²) >= 11 is 0. The molecule has 1 amide bonds. The predicted octanol–water partition coefficient (Wildman–Crippen LogP) is 2.53. The second-order valence-corrected chi connectivity index (χ2v) is 6.16. The third kappa shape index (κ3) is 2.55. The molecule has 0 radical (unpaired) electrons. The van der Waals surface area contributed by atoms with Gasteiger partial charge in [0.2, 0.25) is 0 Å². The number of amides is 1. The van der Waals surface area contributed by atoms with Crippen molar-refractivity contribution < 1.29 is 9.32 Å². The summed E-state index contributed by atoms with van der Waals surface area (Å²) in [7, 11) is 0. The number of hydrogen-bond donors (Lipinski definition) is 1. The second-order valence-electron chi connectivity index (χ2n) is 6.16. The molecule has 0 saturated carbocycles. The van der Waals surface area contributed by atoms with Gasteiger partial charge in [0.25, 0.3) is 11.6 Å². The number of fused-ring (bicyclic) bond motifs is 1. The highest BCUT2D eigenvalue weighted by atomic mass is 16.5. The molecule has 1 aliphatic rings. The largest absolute Gasteiger partial charge is 0.338 e. The van der Waals surface area contributed by atoms with Crippen LogP contribution in [-0.4, -0.2) is 44.2 Å². The van der Waals surface area contributed by atoms with Crippen LogP contribution in [-0.2, 0) is 6.42 Å². The van der Waals surface area contributed by atoms with Gasteiger partial charge in [0.1, 0.15) is 0 Å². The van der Waals surface area contributed by atoms with E-state index in [1.165, 1.54) is 0 Å². The highest BCUT2D eigenvalue weighted by Gasteiger charge is 2.26. The minimum Gasteiger partial charge on any atom is -0.338 e. The molecule has 7 nitrogen and oxygen atoms in total. The van der Waals surface area contributed by atoms with Gasteiger partial charge in [-0.25, -0.2) is 4.98 Å². The molecular formula is C17H19N5O2. The lowest BCUT2D eigenvalue weighted by molar-refractivity contribution is 0.0705. The van der Waals surface area contributed by atoms with Gasteiger partial charge in [-0.1, -0.05) is 12.1 Å². The van der Waals surface area contributed by atoms with E-state index >= 15 is 0 Å². The van der Waals surface area contributed by atoms with Crippen LogP contribution in [0.2, 0.25) is 0 Å². The van der Waals surface area contributed by atoms with Crippen LogP contribution >= 0.6 is 0 Å². The number of rotatable bonds is 3. The van der Waals surface area contributed by atoms with E-state index in [0.29, 0.717) is 23.7 Å². The maximum atomic E-state index is 12.9. The molecule has 7 heteroatoms. The molecule has 0 aliphatic carbocycles. The fraction of sp³-hybridized carbons (Fsp3) is 0.412. The van der Waals surface area contributed by atoms with Crippen molar-refractivity contribution in [2.75, 3.05) is 13.1 Å². The summed E-state index contributed by atoms with van der Waals surface area (Å²) in [5.74, 6) is 0.320. The molecule has 0 aromatic carbocycles. The SMILES string of the molecule is CCc1noc2ncc(C(=O)N3CCCC(c4ccn[nH]4)C3)cc12. The molecule has 1 N–H and O–H groups in total. The van der Waals surface area contributed by atoms with Crippen molar-refractivity contribution in [3.8, 4) is 0 Å². The summed E-state index contributed by atoms with van der Waals surface area (Å²) in [5.41, 5.74) is 3.00. The topological polar surface area (TPSA) is 87.9 Å². The summed E-state index contributed by atoms with van der Waals surface area (Å²) in [6.07, 6.45) is 6.13. The van der Waals surface area contributed by atoms with Crippen molar-refractivity contribution in [2.24, 2.45) is 0 Å². The van der Waals surface area contributed by atoms with Gasteiger partial charge in [-0.05, 0) is 31.4 Å². The standard InChI is InChI=1S/C17H19N5O2/c1-2-14-13-8-12(9-18-16(13)24-21-14)17(23)22-7-3-4-11(10-22)15-5-6-19-20-15/h5-6,8-9,11H,2-4,7,10H2,1H3,(H,19,20). The third-order valence-electron chi connectivity index (χ3n) is 4.66. The normalized spacial score (nSPS) is 18.2. The number of nitrogens with zero attached hydrogens (tertiary/aromatic N) is 4. The molecule has 1 unspecified atom stereocenters. The number of aryl methyl sites for hydroxylation is 1. The van der Waals surface area contributed by atoms with Crippen LogP contribution in [0.1, 0.15) is 47.4 Å². The zero-order chi connectivity index (χ0) is 16.5. The van der Waals surface area contributed by atoms with Crippen LogP contribution < -0.4 is 0 Å². The van der Waals surface area contributed by atoms with Crippen LogP contribution in [0.5, 0.6) is 0 Å². The number of aromatic nitrogens is 4. The molecule has 1 saturated heterocycles. The molecule has 3 aromatic rings. The Balaban J connectivity index is 1.58. The zero-order valence-corrected chi connectivity index (χ0v) is 13.5. The lowest BCUT2D eigenvalue weighted by atomic mass is 9.94. The van der Waals surface area contributed by atoms with Crippen molar-refractivity contribution in [1.29, 1.82) is 0 Å². The van der Waals surface area contributed by atoms with E-state index in [2.05, 4.69) is 20.3 Å². The summed E-state index contributed by atoms with van der Waals surface area (Å²) in [5, 5.41) is 11.9. The van der Waals surface area contributed by atoms with Gasteiger partial charge >= 0.3 is 0 Å². The zero-order valence-electron chi connectivity index (χ0n) is 13.5. The molecule has 3 aromatic heterocycles. The van der Waals surface area contributed by atoms with E-state index in [0.717, 1.165) is 42.6 Å². The Morgan fingerprint density at radius 1 is 1.50 bits per heavy atom. The lowest BCUT2D eigenvalue weighted by Crippen LogP contribution is -2.39. The molecule has 4 rings (SSSR count). The number of hydrogen-bond acceptors (Lipinski definition) is 5. The molecule has 1 atom stereocenters. The van der Waals surface area contributed by atoms with Crippen LogP contribution in [0.3, 0.4) is 0 Å². The van der Waals surface area contributed by atoms with E-state index in [4.69, 9.17) is 4.52 Å². The Bertz CT molecular complexity index is 855. The average molecular weight is 325 g/mol. The maximum Gasteiger partial charge on any atom is 0.257 e. The van der Waals surface area contributed by atoms with E-state index in [-0.39, 0.29) is 5.91 Å². The number of carbonyl (C=O) groups is 1. The number of pyridine rings is 1. The van der Waals surface area contributed by atoms with Crippen molar-refractivity contribution in [3.05, 3.63) is 41.5 Å². The number of likely N-dealkylation sites (tertiary alicyclic amines) is 1. The van der Waals surface area contributed by atoms with Gasteiger partial charge in [0.05, 0.1) is 16.6 Å². The number of nitrogens with one attached hydrogen (secondary N) is 1. The Hall–Kier alpha value is -2.70. The van der Waals surface area contributed by atoms with Crippen LogP contribution in [0.25, 0.3) is 11.1 Å². The maximum absolute atomic E-state index is 12.9. The minimum absolute atomic E-state index is 0.0110. The number of carbonyl (C=O) groups excluding carboxylic acids is 1. The van der Waals surface area contributed by atoms with Crippen molar-refractivity contribution in [3.63, 3.8) is 0 Å². The van der Waals surface area contributed by atoms with Gasteiger partial charge in [-0.3, -0.25) is 9.89 Å². The first-order valence-corrected chi connectivity index (χ1v) is 8.29. The van der Waals surface area contributed by atoms with Gasteiger partial charge in [-0.15, -0.1) is 0 Å². The lowest BCUT2D eigenvalue weighted by Gasteiger charge is -2.32. The summed E-state index contributed by atoms with van der Waals surface area (Å²) < 4.78 is 5.19. The number of aromatic amines is 1. The fourth-order valence-corrected chi connectivity index (χ4v) is 3.34. The molecule has 24 heavy (non-hydrogen) atoms. The third-order valence-corrected chi connectivity index (χ3v) is 4.66. The first kappa shape index (κ1) is 14.9. The summed E-state index contributed by atoms with van der Waals surface area (Å²) in [6, 6.07) is 3.83. The van der Waals surface area contributed by atoms with Crippen molar-refractivity contribution in [1.82, 2.24) is 25.2 Å². The molecule has 1 aliphatic heterocycles. The van der Waals surface area contributed by atoms with Crippen LogP contribution in [0.4, 0.5) is 0 Å².